The summed E-state index contributed by atoms with van der Waals surface area (Å²) in [5, 5.41) is 3.60. The lowest BCUT2D eigenvalue weighted by Crippen LogP contribution is -2.22. The number of pyridine rings is 1. The molecule has 2 bridgehead atoms. The third kappa shape index (κ3) is 1.52. The molecule has 3 fully saturated rings. The summed E-state index contributed by atoms with van der Waals surface area (Å²) < 4.78 is 13.0. The molecular formula is C14H17FN2. The predicted molar refractivity (Wildman–Crippen MR) is 62.6 cm³/mol. The lowest BCUT2D eigenvalue weighted by molar-refractivity contribution is 0.456. The van der Waals surface area contributed by atoms with Gasteiger partial charge in [0.15, 0.2) is 0 Å². The molecule has 3 aliphatic rings. The van der Waals surface area contributed by atoms with Crippen molar-refractivity contribution in [3.8, 4) is 0 Å². The Balaban J connectivity index is 1.38. The van der Waals surface area contributed by atoms with Crippen molar-refractivity contribution >= 4 is 0 Å². The van der Waals surface area contributed by atoms with Gasteiger partial charge in [-0.3, -0.25) is 4.98 Å². The van der Waals surface area contributed by atoms with Crippen LogP contribution in [0.4, 0.5) is 4.39 Å². The molecule has 0 amide bonds. The van der Waals surface area contributed by atoms with E-state index in [1.807, 2.05) is 0 Å². The highest BCUT2D eigenvalue weighted by atomic mass is 19.1. The van der Waals surface area contributed by atoms with E-state index in [2.05, 4.69) is 10.3 Å². The Morgan fingerprint density at radius 2 is 2.00 bits per heavy atom. The van der Waals surface area contributed by atoms with Crippen molar-refractivity contribution in [3.63, 3.8) is 0 Å². The second kappa shape index (κ2) is 3.52. The number of fused-ring (bicyclic) bond motifs is 5. The standard InChI is InChI=1S/C14H17FN2/c15-11-3-8(5-16-7-11)6-17-14-12-9-1-2-10(4-9)13(12)14/h3,5,7,9-10,12-14,17H,1-2,4,6H2. The monoisotopic (exact) mass is 232 g/mol. The van der Waals surface area contributed by atoms with Gasteiger partial charge in [-0.2, -0.15) is 0 Å². The largest absolute Gasteiger partial charge is 0.309 e. The normalized spacial score (nSPS) is 41.6. The molecule has 0 aromatic carbocycles. The van der Waals surface area contributed by atoms with Crippen LogP contribution in [0, 0.1) is 29.5 Å². The molecule has 3 aliphatic carbocycles. The number of aromatic nitrogens is 1. The number of nitrogens with one attached hydrogen (secondary N) is 1. The summed E-state index contributed by atoms with van der Waals surface area (Å²) in [4.78, 5) is 3.88. The van der Waals surface area contributed by atoms with E-state index in [9.17, 15) is 4.39 Å². The smallest absolute Gasteiger partial charge is 0.141 e. The number of nitrogens with zero attached hydrogens (tertiary/aromatic N) is 1. The van der Waals surface area contributed by atoms with Crippen LogP contribution in [0.1, 0.15) is 24.8 Å². The first-order valence-electron chi connectivity index (χ1n) is 6.66. The van der Waals surface area contributed by atoms with Crippen LogP contribution in [0.5, 0.6) is 0 Å². The van der Waals surface area contributed by atoms with Gasteiger partial charge in [-0.05, 0) is 54.6 Å². The fourth-order valence-electron chi connectivity index (χ4n) is 4.39. The minimum Gasteiger partial charge on any atom is -0.309 e. The van der Waals surface area contributed by atoms with Crippen molar-refractivity contribution in [1.29, 1.82) is 0 Å². The average Bonchev–Trinajstić information content (AvgIpc) is 2.72. The first-order valence-corrected chi connectivity index (χ1v) is 6.66. The van der Waals surface area contributed by atoms with Crippen LogP contribution in [-0.2, 0) is 6.54 Å². The van der Waals surface area contributed by atoms with Crippen molar-refractivity contribution in [2.45, 2.75) is 31.8 Å². The number of hydrogen-bond donors (Lipinski definition) is 1. The zero-order valence-corrected chi connectivity index (χ0v) is 9.77. The summed E-state index contributed by atoms with van der Waals surface area (Å²) in [5.74, 6) is 3.63. The molecule has 17 heavy (non-hydrogen) atoms. The highest BCUT2D eigenvalue weighted by Gasteiger charge is 2.64. The highest BCUT2D eigenvalue weighted by molar-refractivity contribution is 5.18. The van der Waals surface area contributed by atoms with E-state index in [1.165, 1.54) is 25.5 Å². The molecule has 1 aromatic rings. The zero-order chi connectivity index (χ0) is 11.4. The third-order valence-corrected chi connectivity index (χ3v) is 5.04. The molecule has 0 aliphatic heterocycles. The molecule has 0 spiro atoms. The quantitative estimate of drug-likeness (QED) is 0.865. The maximum absolute atomic E-state index is 13.0. The number of rotatable bonds is 3. The van der Waals surface area contributed by atoms with Crippen LogP contribution in [0.25, 0.3) is 0 Å². The van der Waals surface area contributed by atoms with Crippen molar-refractivity contribution in [3.05, 3.63) is 29.8 Å². The Morgan fingerprint density at radius 1 is 1.24 bits per heavy atom. The maximum atomic E-state index is 13.0. The Hall–Kier alpha value is -0.960. The molecule has 0 saturated heterocycles. The molecule has 1 heterocycles. The van der Waals surface area contributed by atoms with E-state index < -0.39 is 0 Å². The zero-order valence-electron chi connectivity index (χ0n) is 9.77. The Labute approximate surface area is 101 Å². The lowest BCUT2D eigenvalue weighted by Gasteiger charge is -2.10. The van der Waals surface area contributed by atoms with Gasteiger partial charge in [0, 0.05) is 18.8 Å². The second-order valence-corrected chi connectivity index (χ2v) is 5.91. The number of halogens is 1. The van der Waals surface area contributed by atoms with Gasteiger partial charge in [-0.15, -0.1) is 0 Å². The highest BCUT2D eigenvalue weighted by Crippen LogP contribution is 2.65. The minimum atomic E-state index is -0.236. The van der Waals surface area contributed by atoms with Crippen molar-refractivity contribution in [2.75, 3.05) is 0 Å². The Bertz CT molecular complexity index is 432. The summed E-state index contributed by atoms with van der Waals surface area (Å²) in [6.45, 7) is 0.766. The lowest BCUT2D eigenvalue weighted by atomic mass is 10.0. The molecule has 4 atom stereocenters. The van der Waals surface area contributed by atoms with Gasteiger partial charge < -0.3 is 5.32 Å². The van der Waals surface area contributed by atoms with Gasteiger partial charge in [0.1, 0.15) is 5.82 Å². The topological polar surface area (TPSA) is 24.9 Å². The van der Waals surface area contributed by atoms with Gasteiger partial charge >= 0.3 is 0 Å². The van der Waals surface area contributed by atoms with Crippen molar-refractivity contribution in [1.82, 2.24) is 10.3 Å². The second-order valence-electron chi connectivity index (χ2n) is 5.91. The molecule has 0 radical (unpaired) electrons. The van der Waals surface area contributed by atoms with Gasteiger partial charge in [-0.25, -0.2) is 4.39 Å². The van der Waals surface area contributed by atoms with Crippen LogP contribution in [-0.4, -0.2) is 11.0 Å². The molecular weight excluding hydrogens is 215 g/mol. The van der Waals surface area contributed by atoms with Crippen LogP contribution in [0.3, 0.4) is 0 Å². The fraction of sp³-hybridized carbons (Fsp3) is 0.643. The first-order chi connectivity index (χ1) is 8.33. The molecule has 1 aromatic heterocycles. The molecule has 2 nitrogen and oxygen atoms in total. The molecule has 4 rings (SSSR count). The fourth-order valence-corrected chi connectivity index (χ4v) is 4.39. The number of hydrogen-bond acceptors (Lipinski definition) is 2. The average molecular weight is 232 g/mol. The Morgan fingerprint density at radius 3 is 2.71 bits per heavy atom. The third-order valence-electron chi connectivity index (χ3n) is 5.04. The summed E-state index contributed by atoms with van der Waals surface area (Å²) in [6, 6.07) is 2.29. The van der Waals surface area contributed by atoms with E-state index in [1.54, 1.807) is 12.3 Å². The molecule has 1 N–H and O–H groups in total. The molecule has 3 heteroatoms. The van der Waals surface area contributed by atoms with E-state index in [-0.39, 0.29) is 5.82 Å². The van der Waals surface area contributed by atoms with Crippen molar-refractivity contribution < 1.29 is 4.39 Å². The van der Waals surface area contributed by atoms with Gasteiger partial charge in [0.2, 0.25) is 0 Å². The van der Waals surface area contributed by atoms with Gasteiger partial charge in [-0.1, -0.05) is 0 Å². The van der Waals surface area contributed by atoms with Gasteiger partial charge in [0.25, 0.3) is 0 Å². The molecule has 90 valence electrons. The molecule has 4 unspecified atom stereocenters. The van der Waals surface area contributed by atoms with Crippen LogP contribution < -0.4 is 5.32 Å². The minimum absolute atomic E-state index is 0.236. The van der Waals surface area contributed by atoms with Crippen LogP contribution in [0.15, 0.2) is 18.5 Å². The van der Waals surface area contributed by atoms with Crippen molar-refractivity contribution in [2.24, 2.45) is 23.7 Å². The van der Waals surface area contributed by atoms with Crippen LogP contribution >= 0.6 is 0 Å². The van der Waals surface area contributed by atoms with Crippen LogP contribution in [0.2, 0.25) is 0 Å². The van der Waals surface area contributed by atoms with E-state index >= 15 is 0 Å². The van der Waals surface area contributed by atoms with E-state index in [0.29, 0.717) is 6.04 Å². The predicted octanol–water partition coefficient (Wildman–Crippen LogP) is 2.35. The molecule has 3 saturated carbocycles. The first kappa shape index (κ1) is 10.0. The van der Waals surface area contributed by atoms with Gasteiger partial charge in [0.05, 0.1) is 6.20 Å². The summed E-state index contributed by atoms with van der Waals surface area (Å²) >= 11 is 0. The summed E-state index contributed by atoms with van der Waals surface area (Å²) in [5.41, 5.74) is 0.960. The summed E-state index contributed by atoms with van der Waals surface area (Å²) in [6.07, 6.45) is 7.39. The van der Waals surface area contributed by atoms with E-state index in [0.717, 1.165) is 35.8 Å². The summed E-state index contributed by atoms with van der Waals surface area (Å²) in [7, 11) is 0. The Kier molecular flexibility index (Phi) is 2.07. The van der Waals surface area contributed by atoms with E-state index in [4.69, 9.17) is 0 Å². The maximum Gasteiger partial charge on any atom is 0.141 e. The SMILES string of the molecule is Fc1cncc(CNC2C3C4CCC(C4)C23)c1.